The van der Waals surface area contributed by atoms with E-state index in [4.69, 9.17) is 10.8 Å². The van der Waals surface area contributed by atoms with Crippen LogP contribution in [-0.2, 0) is 0 Å². The van der Waals surface area contributed by atoms with Crippen molar-refractivity contribution in [2.75, 3.05) is 33.3 Å². The lowest BCUT2D eigenvalue weighted by molar-refractivity contribution is 0.155. The standard InChI is InChI=1S/C15H32N2O/c1-17(11-7-4-8-12-18)14-15(13-16)9-5-2-3-6-10-15/h18H,2-14,16H2,1H3. The minimum atomic E-state index is 0.330. The smallest absolute Gasteiger partial charge is 0.0431 e. The van der Waals surface area contributed by atoms with Crippen molar-refractivity contribution in [1.82, 2.24) is 4.90 Å². The number of aliphatic hydroxyl groups is 1. The normalized spacial score (nSPS) is 20.0. The van der Waals surface area contributed by atoms with E-state index in [0.29, 0.717) is 12.0 Å². The molecule has 108 valence electrons. The van der Waals surface area contributed by atoms with Crippen LogP contribution < -0.4 is 5.73 Å². The van der Waals surface area contributed by atoms with E-state index >= 15 is 0 Å². The number of aliphatic hydroxyl groups excluding tert-OH is 1. The number of unbranched alkanes of at least 4 members (excludes halogenated alkanes) is 2. The second kappa shape index (κ2) is 8.89. The first-order valence-electron chi connectivity index (χ1n) is 7.72. The molecule has 3 nitrogen and oxygen atoms in total. The van der Waals surface area contributed by atoms with Crippen molar-refractivity contribution >= 4 is 0 Å². The van der Waals surface area contributed by atoms with Gasteiger partial charge in [0.05, 0.1) is 0 Å². The summed E-state index contributed by atoms with van der Waals surface area (Å²) in [4.78, 5) is 2.45. The molecule has 0 aliphatic heterocycles. The fourth-order valence-electron chi connectivity index (χ4n) is 3.23. The van der Waals surface area contributed by atoms with E-state index in [0.717, 1.165) is 32.5 Å². The Morgan fingerprint density at radius 2 is 1.72 bits per heavy atom. The molecule has 3 N–H and O–H groups in total. The van der Waals surface area contributed by atoms with Crippen molar-refractivity contribution in [2.45, 2.75) is 57.8 Å². The van der Waals surface area contributed by atoms with E-state index < -0.39 is 0 Å². The molecular weight excluding hydrogens is 224 g/mol. The molecule has 0 aromatic heterocycles. The molecule has 0 bridgehead atoms. The summed E-state index contributed by atoms with van der Waals surface area (Å²) in [6.45, 7) is 3.47. The highest BCUT2D eigenvalue weighted by atomic mass is 16.2. The number of nitrogens with two attached hydrogens (primary N) is 1. The van der Waals surface area contributed by atoms with Crippen molar-refractivity contribution in [1.29, 1.82) is 0 Å². The molecule has 1 rings (SSSR count). The lowest BCUT2D eigenvalue weighted by Crippen LogP contribution is -2.41. The van der Waals surface area contributed by atoms with Gasteiger partial charge in [-0.2, -0.15) is 0 Å². The van der Waals surface area contributed by atoms with Crippen LogP contribution in [0.4, 0.5) is 0 Å². The van der Waals surface area contributed by atoms with Crippen molar-refractivity contribution in [3.63, 3.8) is 0 Å². The summed E-state index contributed by atoms with van der Waals surface area (Å²) in [5.74, 6) is 0. The monoisotopic (exact) mass is 256 g/mol. The van der Waals surface area contributed by atoms with Crippen LogP contribution in [0.2, 0.25) is 0 Å². The Labute approximate surface area is 113 Å². The zero-order valence-electron chi connectivity index (χ0n) is 12.2. The Bertz CT molecular complexity index is 201. The van der Waals surface area contributed by atoms with Crippen molar-refractivity contribution < 1.29 is 5.11 Å². The summed E-state index contributed by atoms with van der Waals surface area (Å²) >= 11 is 0. The van der Waals surface area contributed by atoms with Gasteiger partial charge >= 0.3 is 0 Å². The average molecular weight is 256 g/mol. The Hall–Kier alpha value is -0.120. The fourth-order valence-corrected chi connectivity index (χ4v) is 3.23. The molecule has 0 amide bonds. The molecule has 0 aromatic rings. The fraction of sp³-hybridized carbons (Fsp3) is 1.00. The molecule has 0 aromatic carbocycles. The Kier molecular flexibility index (Phi) is 7.87. The molecule has 0 radical (unpaired) electrons. The van der Waals surface area contributed by atoms with Gasteiger partial charge in [-0.05, 0) is 57.7 Å². The highest BCUT2D eigenvalue weighted by molar-refractivity contribution is 4.85. The summed E-state index contributed by atoms with van der Waals surface area (Å²) in [7, 11) is 2.22. The van der Waals surface area contributed by atoms with Gasteiger partial charge in [-0.25, -0.2) is 0 Å². The van der Waals surface area contributed by atoms with Gasteiger partial charge in [-0.1, -0.05) is 25.7 Å². The maximum absolute atomic E-state index is 8.77. The molecule has 1 saturated carbocycles. The van der Waals surface area contributed by atoms with Crippen molar-refractivity contribution in [3.05, 3.63) is 0 Å². The first kappa shape index (κ1) is 15.9. The largest absolute Gasteiger partial charge is 0.396 e. The number of hydrogen-bond acceptors (Lipinski definition) is 3. The maximum Gasteiger partial charge on any atom is 0.0431 e. The predicted molar refractivity (Wildman–Crippen MR) is 77.6 cm³/mol. The van der Waals surface area contributed by atoms with Crippen molar-refractivity contribution in [3.8, 4) is 0 Å². The van der Waals surface area contributed by atoms with E-state index in [1.807, 2.05) is 0 Å². The summed E-state index contributed by atoms with van der Waals surface area (Å²) < 4.78 is 0. The van der Waals surface area contributed by atoms with Crippen LogP contribution in [0.3, 0.4) is 0 Å². The van der Waals surface area contributed by atoms with Crippen LogP contribution in [0.15, 0.2) is 0 Å². The highest BCUT2D eigenvalue weighted by Crippen LogP contribution is 2.34. The minimum Gasteiger partial charge on any atom is -0.396 e. The highest BCUT2D eigenvalue weighted by Gasteiger charge is 2.30. The predicted octanol–water partition coefficient (Wildman–Crippen LogP) is 2.38. The Morgan fingerprint density at radius 3 is 2.28 bits per heavy atom. The van der Waals surface area contributed by atoms with Crippen LogP contribution >= 0.6 is 0 Å². The molecule has 1 aliphatic rings. The van der Waals surface area contributed by atoms with Crippen LogP contribution in [0.5, 0.6) is 0 Å². The quantitative estimate of drug-likeness (QED) is 0.518. The lowest BCUT2D eigenvalue weighted by atomic mass is 9.80. The molecule has 1 aliphatic carbocycles. The topological polar surface area (TPSA) is 49.5 Å². The van der Waals surface area contributed by atoms with Gasteiger partial charge in [-0.3, -0.25) is 0 Å². The zero-order valence-corrected chi connectivity index (χ0v) is 12.2. The van der Waals surface area contributed by atoms with Gasteiger partial charge in [0.15, 0.2) is 0 Å². The maximum atomic E-state index is 8.77. The van der Waals surface area contributed by atoms with Crippen LogP contribution in [-0.4, -0.2) is 43.3 Å². The van der Waals surface area contributed by atoms with Gasteiger partial charge in [0.25, 0.3) is 0 Å². The molecule has 0 saturated heterocycles. The average Bonchev–Trinajstić information content (AvgIpc) is 2.61. The van der Waals surface area contributed by atoms with Crippen LogP contribution in [0, 0.1) is 5.41 Å². The zero-order chi connectivity index (χ0) is 13.3. The molecular formula is C15H32N2O. The van der Waals surface area contributed by atoms with E-state index in [1.165, 1.54) is 44.9 Å². The van der Waals surface area contributed by atoms with E-state index in [9.17, 15) is 0 Å². The Morgan fingerprint density at radius 1 is 1.06 bits per heavy atom. The van der Waals surface area contributed by atoms with Gasteiger partial charge < -0.3 is 15.7 Å². The van der Waals surface area contributed by atoms with Crippen LogP contribution in [0.1, 0.15) is 57.8 Å². The summed E-state index contributed by atoms with van der Waals surface area (Å²) in [5.41, 5.74) is 6.45. The van der Waals surface area contributed by atoms with Gasteiger partial charge in [-0.15, -0.1) is 0 Å². The molecule has 3 heteroatoms. The molecule has 1 fully saturated rings. The first-order valence-corrected chi connectivity index (χ1v) is 7.72. The van der Waals surface area contributed by atoms with E-state index in [2.05, 4.69) is 11.9 Å². The van der Waals surface area contributed by atoms with Gasteiger partial charge in [0.1, 0.15) is 0 Å². The van der Waals surface area contributed by atoms with E-state index in [1.54, 1.807) is 0 Å². The molecule has 0 heterocycles. The third kappa shape index (κ3) is 5.68. The van der Waals surface area contributed by atoms with Crippen LogP contribution in [0.25, 0.3) is 0 Å². The van der Waals surface area contributed by atoms with Gasteiger partial charge in [0, 0.05) is 13.2 Å². The lowest BCUT2D eigenvalue weighted by Gasteiger charge is -2.35. The number of rotatable bonds is 8. The first-order chi connectivity index (χ1) is 8.72. The molecule has 0 unspecified atom stereocenters. The molecule has 0 atom stereocenters. The third-order valence-electron chi connectivity index (χ3n) is 4.40. The summed E-state index contributed by atoms with van der Waals surface area (Å²) in [6.07, 6.45) is 11.4. The summed E-state index contributed by atoms with van der Waals surface area (Å²) in [5, 5.41) is 8.77. The van der Waals surface area contributed by atoms with E-state index in [-0.39, 0.29) is 0 Å². The SMILES string of the molecule is CN(CCCCCO)CC1(CN)CCCCCC1. The third-order valence-corrected chi connectivity index (χ3v) is 4.40. The molecule has 0 spiro atoms. The second-order valence-corrected chi connectivity index (χ2v) is 6.14. The number of nitrogens with zero attached hydrogens (tertiary/aromatic N) is 1. The van der Waals surface area contributed by atoms with Crippen molar-refractivity contribution in [2.24, 2.45) is 11.1 Å². The second-order valence-electron chi connectivity index (χ2n) is 6.14. The summed E-state index contributed by atoms with van der Waals surface area (Å²) in [6, 6.07) is 0. The molecule has 18 heavy (non-hydrogen) atoms. The minimum absolute atomic E-state index is 0.330. The number of hydrogen-bond donors (Lipinski definition) is 2. The Balaban J connectivity index is 2.31. The van der Waals surface area contributed by atoms with Gasteiger partial charge in [0.2, 0.25) is 0 Å².